The molecule has 1 aliphatic heterocycles. The minimum Gasteiger partial charge on any atom is -0.344 e. The average Bonchev–Trinajstić information content (AvgIpc) is 2.14. The highest BCUT2D eigenvalue weighted by Gasteiger charge is 2.23. The summed E-state index contributed by atoms with van der Waals surface area (Å²) in [4.78, 5) is 2.17. The van der Waals surface area contributed by atoms with E-state index in [2.05, 4.69) is 31.6 Å². The smallest absolute Gasteiger partial charge is 0.181 e. The number of hydrogen-bond donors (Lipinski definition) is 1. The third kappa shape index (κ3) is 1.37. The Morgan fingerprint density at radius 1 is 1.50 bits per heavy atom. The van der Waals surface area contributed by atoms with E-state index in [0.29, 0.717) is 6.04 Å². The van der Waals surface area contributed by atoms with Crippen molar-refractivity contribution in [3.8, 4) is 0 Å². The van der Waals surface area contributed by atoms with Gasteiger partial charge in [-0.2, -0.15) is 0 Å². The Morgan fingerprint density at radius 3 is 2.30 bits per heavy atom. The largest absolute Gasteiger partial charge is 0.344 e. The summed E-state index contributed by atoms with van der Waals surface area (Å²) in [5.74, 6) is 0. The molecule has 0 N–H and O–H groups in total. The molecule has 1 saturated heterocycles. The third-order valence-corrected chi connectivity index (χ3v) is 2.62. The first-order valence-electron chi connectivity index (χ1n) is 3.40. The first kappa shape index (κ1) is 8.14. The Labute approximate surface area is 72.7 Å². The van der Waals surface area contributed by atoms with Crippen LogP contribution in [0, 0.1) is 0 Å². The van der Waals surface area contributed by atoms with Gasteiger partial charge in [-0.15, -0.1) is 0 Å². The quantitative estimate of drug-likeness (QED) is 0.473. The zero-order chi connectivity index (χ0) is 7.72. The van der Waals surface area contributed by atoms with Crippen LogP contribution in [0.25, 0.3) is 0 Å². The van der Waals surface area contributed by atoms with Crippen molar-refractivity contribution in [3.63, 3.8) is 0 Å². The Bertz CT molecular complexity index is 147. The van der Waals surface area contributed by atoms with Crippen molar-refractivity contribution in [3.05, 3.63) is 0 Å². The molecule has 0 aromatic carbocycles. The Balaban J connectivity index is 2.57. The molecule has 0 bridgehead atoms. The predicted molar refractivity (Wildman–Crippen MR) is 50.1 cm³/mol. The molecule has 0 radical (unpaired) electrons. The van der Waals surface area contributed by atoms with E-state index in [1.54, 1.807) is 0 Å². The molecule has 0 atom stereocenters. The van der Waals surface area contributed by atoms with Gasteiger partial charge in [0.15, 0.2) is 5.11 Å². The van der Waals surface area contributed by atoms with Crippen LogP contribution in [-0.4, -0.2) is 33.4 Å². The van der Waals surface area contributed by atoms with E-state index in [1.807, 2.05) is 4.31 Å². The summed E-state index contributed by atoms with van der Waals surface area (Å²) >= 11 is 9.31. The average molecular weight is 176 g/mol. The molecular formula is C6H12N2S2. The van der Waals surface area contributed by atoms with E-state index in [-0.39, 0.29) is 0 Å². The van der Waals surface area contributed by atoms with Gasteiger partial charge in [-0.05, 0) is 26.1 Å². The summed E-state index contributed by atoms with van der Waals surface area (Å²) in [7, 11) is 0. The first-order chi connectivity index (χ1) is 4.63. The highest BCUT2D eigenvalue weighted by Crippen LogP contribution is 2.13. The molecule has 58 valence electrons. The Hall–Kier alpha value is 0.0400. The summed E-state index contributed by atoms with van der Waals surface area (Å²) in [5.41, 5.74) is 0. The van der Waals surface area contributed by atoms with E-state index >= 15 is 0 Å². The lowest BCUT2D eigenvalue weighted by molar-refractivity contribution is 0.389. The van der Waals surface area contributed by atoms with Crippen molar-refractivity contribution in [2.75, 3.05) is 13.1 Å². The van der Waals surface area contributed by atoms with Crippen molar-refractivity contribution >= 4 is 30.1 Å². The maximum absolute atomic E-state index is 5.11. The van der Waals surface area contributed by atoms with Crippen molar-refractivity contribution in [2.24, 2.45) is 0 Å². The second-order valence-corrected chi connectivity index (χ2v) is 3.54. The topological polar surface area (TPSA) is 6.48 Å². The second-order valence-electron chi connectivity index (χ2n) is 2.69. The summed E-state index contributed by atoms with van der Waals surface area (Å²) < 4.78 is 1.81. The molecule has 10 heavy (non-hydrogen) atoms. The summed E-state index contributed by atoms with van der Waals surface area (Å²) in [6.07, 6.45) is 0. The fraction of sp³-hybridized carbons (Fsp3) is 0.833. The van der Waals surface area contributed by atoms with Crippen LogP contribution < -0.4 is 0 Å². The van der Waals surface area contributed by atoms with Crippen LogP contribution in [-0.2, 0) is 0 Å². The summed E-state index contributed by atoms with van der Waals surface area (Å²) in [6, 6.07) is 0.504. The predicted octanol–water partition coefficient (Wildman–Crippen LogP) is 1.14. The third-order valence-electron chi connectivity index (χ3n) is 1.64. The fourth-order valence-corrected chi connectivity index (χ4v) is 1.62. The van der Waals surface area contributed by atoms with Crippen LogP contribution in [0.3, 0.4) is 0 Å². The van der Waals surface area contributed by atoms with Crippen molar-refractivity contribution < 1.29 is 0 Å². The zero-order valence-electron chi connectivity index (χ0n) is 6.24. The molecule has 1 fully saturated rings. The van der Waals surface area contributed by atoms with Gasteiger partial charge in [-0.3, -0.25) is 4.31 Å². The van der Waals surface area contributed by atoms with Gasteiger partial charge in [0.05, 0.1) is 0 Å². The molecule has 1 heterocycles. The lowest BCUT2D eigenvalue weighted by Crippen LogP contribution is -2.33. The van der Waals surface area contributed by atoms with E-state index in [4.69, 9.17) is 12.2 Å². The molecule has 2 nitrogen and oxygen atoms in total. The number of thiol groups is 1. The van der Waals surface area contributed by atoms with Gasteiger partial charge in [-0.1, -0.05) is 12.8 Å². The van der Waals surface area contributed by atoms with Gasteiger partial charge in [0.2, 0.25) is 0 Å². The van der Waals surface area contributed by atoms with E-state index in [0.717, 1.165) is 18.2 Å². The molecule has 0 aliphatic carbocycles. The van der Waals surface area contributed by atoms with E-state index < -0.39 is 0 Å². The van der Waals surface area contributed by atoms with Crippen LogP contribution in [0.4, 0.5) is 0 Å². The molecule has 0 aromatic heterocycles. The van der Waals surface area contributed by atoms with Crippen molar-refractivity contribution in [1.29, 1.82) is 0 Å². The standard InChI is InChI=1S/C6H12N2S2/c1-5(2)7-3-4-8(10)6(7)9/h5,10H,3-4H2,1-2H3. The Morgan fingerprint density at radius 2 is 2.10 bits per heavy atom. The first-order valence-corrected chi connectivity index (χ1v) is 4.20. The Kier molecular flexibility index (Phi) is 2.41. The van der Waals surface area contributed by atoms with E-state index in [1.165, 1.54) is 0 Å². The second kappa shape index (κ2) is 2.96. The molecule has 0 saturated carbocycles. The maximum Gasteiger partial charge on any atom is 0.181 e. The lowest BCUT2D eigenvalue weighted by Gasteiger charge is -2.22. The monoisotopic (exact) mass is 176 g/mol. The lowest BCUT2D eigenvalue weighted by atomic mass is 10.3. The zero-order valence-corrected chi connectivity index (χ0v) is 7.95. The van der Waals surface area contributed by atoms with Crippen LogP contribution in [0.2, 0.25) is 0 Å². The molecule has 1 aliphatic rings. The SMILES string of the molecule is CC(C)N1CCN(S)C1=S. The molecule has 1 rings (SSSR count). The van der Waals surface area contributed by atoms with Crippen LogP contribution in [0.15, 0.2) is 0 Å². The van der Waals surface area contributed by atoms with Gasteiger partial charge in [0, 0.05) is 19.1 Å². The number of thiocarbonyl (C=S) groups is 1. The number of nitrogens with zero attached hydrogens (tertiary/aromatic N) is 2. The van der Waals surface area contributed by atoms with Gasteiger partial charge in [0.1, 0.15) is 0 Å². The summed E-state index contributed by atoms with van der Waals surface area (Å²) in [5, 5.41) is 0.860. The molecule has 0 aromatic rings. The van der Waals surface area contributed by atoms with Gasteiger partial charge in [0.25, 0.3) is 0 Å². The molecule has 0 amide bonds. The van der Waals surface area contributed by atoms with Gasteiger partial charge < -0.3 is 4.90 Å². The van der Waals surface area contributed by atoms with Crippen LogP contribution in [0.5, 0.6) is 0 Å². The minimum atomic E-state index is 0.504. The van der Waals surface area contributed by atoms with Gasteiger partial charge in [-0.25, -0.2) is 0 Å². The highest BCUT2D eigenvalue weighted by atomic mass is 32.1. The van der Waals surface area contributed by atoms with Crippen molar-refractivity contribution in [1.82, 2.24) is 9.21 Å². The molecular weight excluding hydrogens is 164 g/mol. The van der Waals surface area contributed by atoms with E-state index in [9.17, 15) is 0 Å². The number of hydrogen-bond acceptors (Lipinski definition) is 2. The minimum absolute atomic E-state index is 0.504. The van der Waals surface area contributed by atoms with Crippen LogP contribution in [0.1, 0.15) is 13.8 Å². The van der Waals surface area contributed by atoms with Crippen molar-refractivity contribution in [2.45, 2.75) is 19.9 Å². The molecule has 4 heteroatoms. The normalized spacial score (nSPS) is 19.4. The summed E-state index contributed by atoms with van der Waals surface area (Å²) in [6.45, 7) is 6.23. The number of rotatable bonds is 1. The molecule has 0 spiro atoms. The highest BCUT2D eigenvalue weighted by molar-refractivity contribution is 7.84. The fourth-order valence-electron chi connectivity index (χ4n) is 1.02. The maximum atomic E-state index is 5.11. The van der Waals surface area contributed by atoms with Gasteiger partial charge >= 0.3 is 0 Å². The van der Waals surface area contributed by atoms with Crippen LogP contribution >= 0.6 is 25.0 Å². The molecule has 0 unspecified atom stereocenters.